The van der Waals surface area contributed by atoms with Gasteiger partial charge in [0.05, 0.1) is 19.8 Å². The van der Waals surface area contributed by atoms with E-state index in [1.165, 1.54) is 7.11 Å². The Morgan fingerprint density at radius 2 is 1.72 bits per heavy atom. The van der Waals surface area contributed by atoms with Crippen molar-refractivity contribution in [2.24, 2.45) is 0 Å². The second kappa shape index (κ2) is 9.10. The molecular formula is C23H23NO5. The van der Waals surface area contributed by atoms with Gasteiger partial charge >= 0.3 is 5.63 Å². The summed E-state index contributed by atoms with van der Waals surface area (Å²) in [5, 5.41) is 3.56. The number of carbonyl (C=O) groups excluding carboxylic acids is 1. The largest absolute Gasteiger partial charge is 0.493 e. The minimum atomic E-state index is -0.448. The van der Waals surface area contributed by atoms with Gasteiger partial charge in [-0.3, -0.25) is 4.79 Å². The standard InChI is InChI=1S/C23H23NO5/c1-4-11-24-22(25)16-8-5-15(6-9-16)7-10-17-12-18-13-20(27-2)21(28-3)14-19(18)29-23(17)26/h5-10,12-14H,4,11H2,1-3H3,(H,24,25). The van der Waals surface area contributed by atoms with Gasteiger partial charge < -0.3 is 19.2 Å². The van der Waals surface area contributed by atoms with Crippen LogP contribution in [0, 0.1) is 0 Å². The van der Waals surface area contributed by atoms with Crippen LogP contribution < -0.4 is 20.4 Å². The molecule has 0 radical (unpaired) electrons. The van der Waals surface area contributed by atoms with Crippen molar-refractivity contribution in [2.45, 2.75) is 13.3 Å². The Kier molecular flexibility index (Phi) is 6.34. The van der Waals surface area contributed by atoms with Crippen LogP contribution in [0.25, 0.3) is 23.1 Å². The minimum absolute atomic E-state index is 0.0954. The summed E-state index contributed by atoms with van der Waals surface area (Å²) in [5.41, 5.74) is 1.85. The van der Waals surface area contributed by atoms with Crippen LogP contribution >= 0.6 is 0 Å². The summed E-state index contributed by atoms with van der Waals surface area (Å²) >= 11 is 0. The van der Waals surface area contributed by atoms with Crippen LogP contribution in [0.4, 0.5) is 0 Å². The van der Waals surface area contributed by atoms with Gasteiger partial charge in [0.25, 0.3) is 5.91 Å². The number of methoxy groups -OCH3 is 2. The molecule has 0 fully saturated rings. The molecule has 0 saturated carbocycles. The van der Waals surface area contributed by atoms with E-state index in [0.29, 0.717) is 34.8 Å². The highest BCUT2D eigenvalue weighted by molar-refractivity contribution is 5.94. The minimum Gasteiger partial charge on any atom is -0.493 e. The molecule has 2 aromatic carbocycles. The van der Waals surface area contributed by atoms with E-state index in [-0.39, 0.29) is 5.91 Å². The molecule has 6 nitrogen and oxygen atoms in total. The van der Waals surface area contributed by atoms with Crippen molar-refractivity contribution in [1.82, 2.24) is 5.32 Å². The Labute approximate surface area is 168 Å². The fourth-order valence-corrected chi connectivity index (χ4v) is 2.85. The fraction of sp³-hybridized carbons (Fsp3) is 0.217. The monoisotopic (exact) mass is 393 g/mol. The first kappa shape index (κ1) is 20.2. The molecule has 3 aromatic rings. The Balaban J connectivity index is 1.85. The number of hydrogen-bond acceptors (Lipinski definition) is 5. The quantitative estimate of drug-likeness (QED) is 0.611. The summed E-state index contributed by atoms with van der Waals surface area (Å²) < 4.78 is 16.0. The smallest absolute Gasteiger partial charge is 0.343 e. The first-order chi connectivity index (χ1) is 14.0. The predicted octanol–water partition coefficient (Wildman–Crippen LogP) is 4.12. The molecule has 0 saturated heterocycles. The average molecular weight is 393 g/mol. The first-order valence-electron chi connectivity index (χ1n) is 9.32. The Morgan fingerprint density at radius 3 is 2.38 bits per heavy atom. The van der Waals surface area contributed by atoms with Crippen molar-refractivity contribution in [3.05, 3.63) is 69.6 Å². The van der Waals surface area contributed by atoms with Crippen molar-refractivity contribution in [3.8, 4) is 11.5 Å². The number of benzene rings is 2. The van der Waals surface area contributed by atoms with E-state index in [4.69, 9.17) is 13.9 Å². The van der Waals surface area contributed by atoms with Gasteiger partial charge in [-0.1, -0.05) is 25.1 Å². The summed E-state index contributed by atoms with van der Waals surface area (Å²) in [4.78, 5) is 24.3. The zero-order valence-corrected chi connectivity index (χ0v) is 16.7. The predicted molar refractivity (Wildman–Crippen MR) is 114 cm³/mol. The molecule has 6 heteroatoms. The van der Waals surface area contributed by atoms with Gasteiger partial charge in [0.2, 0.25) is 0 Å². The number of fused-ring (bicyclic) bond motifs is 1. The highest BCUT2D eigenvalue weighted by Crippen LogP contribution is 2.32. The van der Waals surface area contributed by atoms with Gasteiger partial charge in [-0.05, 0) is 42.3 Å². The normalized spacial score (nSPS) is 11.0. The molecule has 150 valence electrons. The van der Waals surface area contributed by atoms with Crippen LogP contribution in [0.3, 0.4) is 0 Å². The number of hydrogen-bond donors (Lipinski definition) is 1. The van der Waals surface area contributed by atoms with Gasteiger partial charge in [-0.15, -0.1) is 0 Å². The van der Waals surface area contributed by atoms with E-state index in [9.17, 15) is 9.59 Å². The molecule has 1 heterocycles. The lowest BCUT2D eigenvalue weighted by Gasteiger charge is -2.08. The Bertz CT molecular complexity index is 1100. The summed E-state index contributed by atoms with van der Waals surface area (Å²) in [6.07, 6.45) is 4.38. The Morgan fingerprint density at radius 1 is 1.03 bits per heavy atom. The van der Waals surface area contributed by atoms with Crippen molar-refractivity contribution >= 4 is 29.0 Å². The molecule has 1 N–H and O–H groups in total. The molecule has 0 aliphatic heterocycles. The van der Waals surface area contributed by atoms with Crippen LogP contribution in [0.5, 0.6) is 11.5 Å². The highest BCUT2D eigenvalue weighted by Gasteiger charge is 2.10. The van der Waals surface area contributed by atoms with Crippen molar-refractivity contribution in [3.63, 3.8) is 0 Å². The molecule has 0 aliphatic carbocycles. The van der Waals surface area contributed by atoms with Crippen LogP contribution in [0.2, 0.25) is 0 Å². The number of amides is 1. The van der Waals surface area contributed by atoms with E-state index < -0.39 is 5.63 Å². The number of rotatable bonds is 7. The maximum Gasteiger partial charge on any atom is 0.343 e. The third-order valence-electron chi connectivity index (χ3n) is 4.43. The first-order valence-corrected chi connectivity index (χ1v) is 9.32. The number of ether oxygens (including phenoxy) is 2. The third-order valence-corrected chi connectivity index (χ3v) is 4.43. The molecule has 1 aromatic heterocycles. The van der Waals surface area contributed by atoms with E-state index >= 15 is 0 Å². The van der Waals surface area contributed by atoms with Gasteiger partial charge in [-0.25, -0.2) is 4.79 Å². The maximum atomic E-state index is 12.3. The maximum absolute atomic E-state index is 12.3. The molecule has 0 spiro atoms. The van der Waals surface area contributed by atoms with Gasteiger partial charge in [0.15, 0.2) is 11.5 Å². The van der Waals surface area contributed by atoms with Gasteiger partial charge in [0.1, 0.15) is 5.58 Å². The summed E-state index contributed by atoms with van der Waals surface area (Å²) in [5.74, 6) is 0.956. The molecule has 0 unspecified atom stereocenters. The Hall–Kier alpha value is -3.54. The second-order valence-electron chi connectivity index (χ2n) is 6.45. The van der Waals surface area contributed by atoms with Gasteiger partial charge in [0, 0.05) is 23.6 Å². The van der Waals surface area contributed by atoms with E-state index in [1.807, 2.05) is 19.1 Å². The lowest BCUT2D eigenvalue weighted by Crippen LogP contribution is -2.23. The molecule has 29 heavy (non-hydrogen) atoms. The topological polar surface area (TPSA) is 77.8 Å². The summed E-state index contributed by atoms with van der Waals surface area (Å²) in [6, 6.07) is 12.3. The van der Waals surface area contributed by atoms with Crippen molar-refractivity contribution in [2.75, 3.05) is 20.8 Å². The molecular weight excluding hydrogens is 370 g/mol. The lowest BCUT2D eigenvalue weighted by atomic mass is 10.1. The number of nitrogens with one attached hydrogen (secondary N) is 1. The molecule has 3 rings (SSSR count). The summed E-state index contributed by atoms with van der Waals surface area (Å²) in [7, 11) is 3.08. The van der Waals surface area contributed by atoms with Crippen LogP contribution in [0.1, 0.15) is 34.8 Å². The summed E-state index contributed by atoms with van der Waals surface area (Å²) in [6.45, 7) is 2.65. The lowest BCUT2D eigenvalue weighted by molar-refractivity contribution is 0.0953. The van der Waals surface area contributed by atoms with Crippen LogP contribution in [-0.4, -0.2) is 26.7 Å². The zero-order valence-electron chi connectivity index (χ0n) is 16.7. The third kappa shape index (κ3) is 4.66. The molecule has 0 atom stereocenters. The second-order valence-corrected chi connectivity index (χ2v) is 6.45. The van der Waals surface area contributed by atoms with E-state index in [2.05, 4.69) is 5.32 Å². The van der Waals surface area contributed by atoms with Crippen molar-refractivity contribution < 1.29 is 18.7 Å². The SMILES string of the molecule is CCCNC(=O)c1ccc(C=Cc2cc3cc(OC)c(OC)cc3oc2=O)cc1. The van der Waals surface area contributed by atoms with E-state index in [1.54, 1.807) is 49.6 Å². The zero-order chi connectivity index (χ0) is 20.8. The fourth-order valence-electron chi connectivity index (χ4n) is 2.85. The molecule has 0 aliphatic rings. The van der Waals surface area contributed by atoms with Crippen LogP contribution in [-0.2, 0) is 0 Å². The number of carbonyl (C=O) groups is 1. The van der Waals surface area contributed by atoms with Gasteiger partial charge in [-0.2, -0.15) is 0 Å². The van der Waals surface area contributed by atoms with E-state index in [0.717, 1.165) is 17.4 Å². The molecule has 0 bridgehead atoms. The highest BCUT2D eigenvalue weighted by atomic mass is 16.5. The molecule has 1 amide bonds. The van der Waals surface area contributed by atoms with Crippen molar-refractivity contribution in [1.29, 1.82) is 0 Å². The average Bonchev–Trinajstić information content (AvgIpc) is 2.75. The van der Waals surface area contributed by atoms with Crippen LogP contribution in [0.15, 0.2) is 51.7 Å².